The lowest BCUT2D eigenvalue weighted by molar-refractivity contribution is 0.0603. The molecule has 1 aliphatic rings. The molecule has 1 aromatic heterocycles. The average Bonchev–Trinajstić information content (AvgIpc) is 2.95. The molecule has 0 saturated carbocycles. The molecular formula is C12H20N4O4S. The number of sulfone groups is 1. The van der Waals surface area contributed by atoms with Gasteiger partial charge < -0.3 is 15.8 Å². The lowest BCUT2D eigenvalue weighted by Crippen LogP contribution is -2.15. The number of nitrogen functional groups attached to an aromatic ring is 1. The number of carbonyl (C=O) groups excluding carboxylic acids is 1. The Labute approximate surface area is 123 Å². The van der Waals surface area contributed by atoms with Crippen LogP contribution >= 0.6 is 0 Å². The third-order valence-electron chi connectivity index (χ3n) is 3.43. The number of methoxy groups -OCH3 is 1. The Balaban J connectivity index is 2.39. The number of ether oxygens (including phenoxy) is 1. The fraction of sp³-hybridized carbons (Fsp3) is 0.667. The van der Waals surface area contributed by atoms with Crippen LogP contribution in [0.25, 0.3) is 0 Å². The minimum absolute atomic E-state index is 0.00723. The molecule has 1 saturated heterocycles. The van der Waals surface area contributed by atoms with Crippen LogP contribution in [0.4, 0.5) is 11.6 Å². The van der Waals surface area contributed by atoms with Gasteiger partial charge in [-0.2, -0.15) is 5.10 Å². The number of nitrogens with one attached hydrogen (secondary N) is 1. The smallest absolute Gasteiger partial charge is 0.345 e. The molecule has 21 heavy (non-hydrogen) atoms. The fourth-order valence-corrected chi connectivity index (χ4v) is 4.06. The first-order valence-corrected chi connectivity index (χ1v) is 8.62. The maximum absolute atomic E-state index is 11.9. The molecule has 118 valence electrons. The van der Waals surface area contributed by atoms with Crippen molar-refractivity contribution in [2.75, 3.05) is 36.2 Å². The number of nitrogens with two attached hydrogens (primary N) is 1. The monoisotopic (exact) mass is 316 g/mol. The summed E-state index contributed by atoms with van der Waals surface area (Å²) in [7, 11) is -1.79. The molecule has 0 aromatic carbocycles. The van der Waals surface area contributed by atoms with Gasteiger partial charge >= 0.3 is 5.97 Å². The summed E-state index contributed by atoms with van der Waals surface area (Å²) in [4.78, 5) is 11.9. The van der Waals surface area contributed by atoms with Crippen molar-refractivity contribution in [1.29, 1.82) is 0 Å². The number of hydrogen-bond donors (Lipinski definition) is 2. The molecule has 2 heterocycles. The number of nitrogens with zero attached hydrogens (tertiary/aromatic N) is 2. The lowest BCUT2D eigenvalue weighted by Gasteiger charge is -2.10. The van der Waals surface area contributed by atoms with Gasteiger partial charge in [-0.05, 0) is 12.8 Å². The number of hydrogen-bond acceptors (Lipinski definition) is 7. The van der Waals surface area contributed by atoms with Crippen molar-refractivity contribution in [3.05, 3.63) is 5.56 Å². The van der Waals surface area contributed by atoms with E-state index in [9.17, 15) is 13.2 Å². The lowest BCUT2D eigenvalue weighted by atomic mass is 10.2. The summed E-state index contributed by atoms with van der Waals surface area (Å²) in [5.41, 5.74) is 6.15. The van der Waals surface area contributed by atoms with Crippen LogP contribution in [-0.2, 0) is 14.6 Å². The van der Waals surface area contributed by atoms with E-state index in [1.54, 1.807) is 0 Å². The van der Waals surface area contributed by atoms with Gasteiger partial charge in [0.15, 0.2) is 15.7 Å². The quantitative estimate of drug-likeness (QED) is 0.757. The molecule has 3 N–H and O–H groups in total. The third-order valence-corrected chi connectivity index (χ3v) is 5.18. The predicted molar refractivity (Wildman–Crippen MR) is 79.1 cm³/mol. The van der Waals surface area contributed by atoms with Crippen LogP contribution in [-0.4, -0.2) is 49.3 Å². The van der Waals surface area contributed by atoms with E-state index < -0.39 is 15.8 Å². The summed E-state index contributed by atoms with van der Waals surface area (Å²) in [6, 6.07) is -0.337. The van der Waals surface area contributed by atoms with E-state index in [0.29, 0.717) is 18.8 Å². The summed E-state index contributed by atoms with van der Waals surface area (Å²) in [5.74, 6) is 0.000791. The second-order valence-electron chi connectivity index (χ2n) is 5.03. The molecule has 8 nitrogen and oxygen atoms in total. The standard InChI is InChI=1S/C12H20N4O4S/c1-3-5-14-11-9(12(17)20-2)10(13)16(15-11)8-4-6-21(18,19)7-8/h8H,3-7,13H2,1-2H3,(H,14,15). The minimum Gasteiger partial charge on any atom is -0.465 e. The van der Waals surface area contributed by atoms with Gasteiger partial charge in [-0.3, -0.25) is 0 Å². The van der Waals surface area contributed by atoms with Gasteiger partial charge in [0.25, 0.3) is 0 Å². The van der Waals surface area contributed by atoms with Gasteiger partial charge in [-0.15, -0.1) is 0 Å². The van der Waals surface area contributed by atoms with Crippen molar-refractivity contribution < 1.29 is 17.9 Å². The number of carbonyl (C=O) groups is 1. The molecular weight excluding hydrogens is 296 g/mol. The van der Waals surface area contributed by atoms with Crippen LogP contribution in [0.15, 0.2) is 0 Å². The van der Waals surface area contributed by atoms with Crippen LogP contribution in [0.2, 0.25) is 0 Å². The molecule has 0 amide bonds. The van der Waals surface area contributed by atoms with Crippen molar-refractivity contribution in [3.8, 4) is 0 Å². The highest BCUT2D eigenvalue weighted by atomic mass is 32.2. The van der Waals surface area contributed by atoms with Crippen molar-refractivity contribution in [2.24, 2.45) is 0 Å². The van der Waals surface area contributed by atoms with E-state index >= 15 is 0 Å². The van der Waals surface area contributed by atoms with Gasteiger partial charge in [-0.25, -0.2) is 17.9 Å². The maximum atomic E-state index is 11.9. The van der Waals surface area contributed by atoms with Gasteiger partial charge in [0.05, 0.1) is 24.7 Å². The number of aromatic nitrogens is 2. The Hall–Kier alpha value is -1.77. The van der Waals surface area contributed by atoms with Crippen molar-refractivity contribution in [1.82, 2.24) is 9.78 Å². The summed E-state index contributed by atoms with van der Waals surface area (Å²) in [6.07, 6.45) is 1.30. The summed E-state index contributed by atoms with van der Waals surface area (Å²) < 4.78 is 29.3. The molecule has 1 fully saturated rings. The zero-order valence-corrected chi connectivity index (χ0v) is 12.9. The highest BCUT2D eigenvalue weighted by Crippen LogP contribution is 2.31. The Kier molecular flexibility index (Phi) is 4.40. The maximum Gasteiger partial charge on any atom is 0.345 e. The zero-order valence-electron chi connectivity index (χ0n) is 12.1. The first-order valence-electron chi connectivity index (χ1n) is 6.80. The Bertz CT molecular complexity index is 638. The fourth-order valence-electron chi connectivity index (χ4n) is 2.36. The average molecular weight is 316 g/mol. The van der Waals surface area contributed by atoms with Crippen LogP contribution in [0.5, 0.6) is 0 Å². The molecule has 9 heteroatoms. The molecule has 1 aliphatic heterocycles. The second kappa shape index (κ2) is 5.92. The molecule has 0 radical (unpaired) electrons. The summed E-state index contributed by atoms with van der Waals surface area (Å²) in [5, 5.41) is 7.30. The van der Waals surface area contributed by atoms with Crippen LogP contribution in [0, 0.1) is 0 Å². The molecule has 2 rings (SSSR count). The Morgan fingerprint density at radius 3 is 2.81 bits per heavy atom. The van der Waals surface area contributed by atoms with Crippen LogP contribution in [0.1, 0.15) is 36.2 Å². The molecule has 0 spiro atoms. The van der Waals surface area contributed by atoms with Gasteiger partial charge in [0.1, 0.15) is 11.4 Å². The highest BCUT2D eigenvalue weighted by molar-refractivity contribution is 7.91. The second-order valence-corrected chi connectivity index (χ2v) is 7.26. The highest BCUT2D eigenvalue weighted by Gasteiger charge is 2.33. The van der Waals surface area contributed by atoms with Crippen molar-refractivity contribution >= 4 is 27.4 Å². The Morgan fingerprint density at radius 1 is 1.57 bits per heavy atom. The first-order chi connectivity index (χ1) is 9.89. The first kappa shape index (κ1) is 15.6. The molecule has 1 unspecified atom stereocenters. The van der Waals surface area contributed by atoms with Gasteiger partial charge in [0.2, 0.25) is 0 Å². The number of rotatable bonds is 5. The topological polar surface area (TPSA) is 116 Å². The summed E-state index contributed by atoms with van der Waals surface area (Å²) in [6.45, 7) is 2.61. The van der Waals surface area contributed by atoms with E-state index in [1.807, 2.05) is 6.92 Å². The van der Waals surface area contributed by atoms with E-state index in [-0.39, 0.29) is 28.9 Å². The van der Waals surface area contributed by atoms with Crippen molar-refractivity contribution in [3.63, 3.8) is 0 Å². The molecule has 1 atom stereocenters. The Morgan fingerprint density at radius 2 is 2.29 bits per heavy atom. The predicted octanol–water partition coefficient (Wildman–Crippen LogP) is 0.433. The normalized spacial score (nSPS) is 20.4. The number of esters is 1. The van der Waals surface area contributed by atoms with Crippen molar-refractivity contribution in [2.45, 2.75) is 25.8 Å². The van der Waals surface area contributed by atoms with E-state index in [0.717, 1.165) is 6.42 Å². The van der Waals surface area contributed by atoms with Gasteiger partial charge in [0, 0.05) is 6.54 Å². The third kappa shape index (κ3) is 3.12. The SMILES string of the molecule is CCCNc1nn(C2CCS(=O)(=O)C2)c(N)c1C(=O)OC. The molecule has 0 aliphatic carbocycles. The van der Waals surface area contributed by atoms with E-state index in [1.165, 1.54) is 11.8 Å². The van der Waals surface area contributed by atoms with E-state index in [4.69, 9.17) is 10.5 Å². The van der Waals surface area contributed by atoms with E-state index in [2.05, 4.69) is 10.4 Å². The van der Waals surface area contributed by atoms with Crippen LogP contribution < -0.4 is 11.1 Å². The molecule has 1 aromatic rings. The van der Waals surface area contributed by atoms with Gasteiger partial charge in [-0.1, -0.05) is 6.92 Å². The summed E-state index contributed by atoms with van der Waals surface area (Å²) >= 11 is 0. The minimum atomic E-state index is -3.06. The largest absolute Gasteiger partial charge is 0.465 e. The van der Waals surface area contributed by atoms with Crippen LogP contribution in [0.3, 0.4) is 0 Å². The number of anilines is 2. The zero-order chi connectivity index (χ0) is 15.6. The molecule has 0 bridgehead atoms.